The van der Waals surface area contributed by atoms with Crippen molar-refractivity contribution in [1.29, 1.82) is 0 Å². The van der Waals surface area contributed by atoms with E-state index in [0.29, 0.717) is 54.7 Å². The Bertz CT molecular complexity index is 2200. The minimum absolute atomic E-state index is 0.0745. The Kier molecular flexibility index (Phi) is 8.99. The van der Waals surface area contributed by atoms with E-state index >= 15 is 9.59 Å². The monoisotopic (exact) mass is 736 g/mol. The van der Waals surface area contributed by atoms with Gasteiger partial charge in [-0.05, 0) is 46.5 Å². The van der Waals surface area contributed by atoms with Crippen LogP contribution in [0.15, 0.2) is 128 Å². The molecule has 0 bridgehead atoms. The van der Waals surface area contributed by atoms with Crippen LogP contribution >= 0.6 is 0 Å². The molecule has 12 heteroatoms. The van der Waals surface area contributed by atoms with Gasteiger partial charge in [-0.1, -0.05) is 91.0 Å². The highest BCUT2D eigenvalue weighted by atomic mass is 16.6. The van der Waals surface area contributed by atoms with E-state index in [-0.39, 0.29) is 25.0 Å². The SMILES string of the molecule is O=C1O[C@@H](c2ccccc2)[C@@H](c2ccccc2)N2[C@@H](c3cccc(OCCO)c3)[C@]3(C(=O)Nc4ccccc43)[C@@H](C(=O)N3CCN(c4ncccn4)CC3)[C@H]12. The van der Waals surface area contributed by atoms with Gasteiger partial charge in [0.15, 0.2) is 0 Å². The smallest absolute Gasteiger partial charge is 0.324 e. The second kappa shape index (κ2) is 14.3. The fourth-order valence-corrected chi connectivity index (χ4v) is 9.25. The fourth-order valence-electron chi connectivity index (χ4n) is 9.25. The lowest BCUT2D eigenvalue weighted by Crippen LogP contribution is -2.58. The Morgan fingerprint density at radius 1 is 0.800 bits per heavy atom. The molecule has 4 aromatic carbocycles. The van der Waals surface area contributed by atoms with Crippen LogP contribution in [-0.2, 0) is 24.5 Å². The first-order valence-corrected chi connectivity index (χ1v) is 18.6. The van der Waals surface area contributed by atoms with Gasteiger partial charge in [0.05, 0.1) is 24.6 Å². The van der Waals surface area contributed by atoms with Crippen LogP contribution in [0.1, 0.15) is 40.4 Å². The minimum atomic E-state index is -1.56. The van der Waals surface area contributed by atoms with Crippen molar-refractivity contribution in [1.82, 2.24) is 19.8 Å². The Hall–Kier alpha value is -6.11. The molecule has 3 saturated heterocycles. The van der Waals surface area contributed by atoms with E-state index in [2.05, 4.69) is 20.2 Å². The third-order valence-electron chi connectivity index (χ3n) is 11.4. The molecular weight excluding hydrogens is 697 g/mol. The number of para-hydroxylation sites is 1. The number of fused-ring (bicyclic) bond motifs is 3. The van der Waals surface area contributed by atoms with Gasteiger partial charge in [0.25, 0.3) is 0 Å². The van der Waals surface area contributed by atoms with Gasteiger partial charge in [0.2, 0.25) is 17.8 Å². The normalized spacial score (nSPS) is 25.9. The highest BCUT2D eigenvalue weighted by Gasteiger charge is 2.74. The summed E-state index contributed by atoms with van der Waals surface area (Å²) in [4.78, 5) is 60.5. The lowest BCUT2D eigenvalue weighted by atomic mass is 9.65. The molecule has 0 unspecified atom stereocenters. The first-order chi connectivity index (χ1) is 27.0. The Morgan fingerprint density at radius 3 is 2.20 bits per heavy atom. The van der Waals surface area contributed by atoms with E-state index in [1.54, 1.807) is 29.4 Å². The van der Waals surface area contributed by atoms with Gasteiger partial charge in [-0.2, -0.15) is 0 Å². The molecule has 278 valence electrons. The summed E-state index contributed by atoms with van der Waals surface area (Å²) in [5, 5.41) is 12.8. The lowest BCUT2D eigenvalue weighted by Gasteiger charge is -2.46. The molecule has 6 atom stereocenters. The Labute approximate surface area is 318 Å². The summed E-state index contributed by atoms with van der Waals surface area (Å²) in [7, 11) is 0. The van der Waals surface area contributed by atoms with Crippen LogP contribution in [0.25, 0.3) is 0 Å². The second-order valence-corrected chi connectivity index (χ2v) is 14.3. The summed E-state index contributed by atoms with van der Waals surface area (Å²) < 4.78 is 12.4. The predicted octanol–water partition coefficient (Wildman–Crippen LogP) is 4.47. The number of hydrogen-bond donors (Lipinski definition) is 2. The number of amides is 2. The van der Waals surface area contributed by atoms with Crippen molar-refractivity contribution >= 4 is 29.4 Å². The van der Waals surface area contributed by atoms with Crippen LogP contribution in [0.5, 0.6) is 5.75 Å². The highest BCUT2D eigenvalue weighted by Crippen LogP contribution is 2.65. The number of carbonyl (C=O) groups excluding carboxylic acids is 3. The quantitative estimate of drug-likeness (QED) is 0.220. The number of hydrogen-bond acceptors (Lipinski definition) is 10. The third-order valence-corrected chi connectivity index (χ3v) is 11.4. The third kappa shape index (κ3) is 5.71. The van der Waals surface area contributed by atoms with Gasteiger partial charge in [0.1, 0.15) is 29.9 Å². The highest BCUT2D eigenvalue weighted by molar-refractivity contribution is 6.12. The molecule has 0 radical (unpaired) electrons. The summed E-state index contributed by atoms with van der Waals surface area (Å²) in [6.45, 7) is 1.55. The zero-order valence-electron chi connectivity index (χ0n) is 30.0. The molecule has 1 spiro atoms. The first kappa shape index (κ1) is 34.6. The van der Waals surface area contributed by atoms with Gasteiger partial charge in [-0.15, -0.1) is 0 Å². The largest absolute Gasteiger partial charge is 0.491 e. The van der Waals surface area contributed by atoms with Gasteiger partial charge >= 0.3 is 5.97 Å². The molecule has 2 amide bonds. The maximum absolute atomic E-state index is 15.5. The van der Waals surface area contributed by atoms with Gasteiger partial charge in [0, 0.05) is 44.3 Å². The van der Waals surface area contributed by atoms with Crippen LogP contribution < -0.4 is 15.0 Å². The number of aromatic nitrogens is 2. The number of anilines is 2. The summed E-state index contributed by atoms with van der Waals surface area (Å²) in [5.41, 5.74) is 2.03. The Morgan fingerprint density at radius 2 is 1.47 bits per heavy atom. The molecule has 55 heavy (non-hydrogen) atoms. The number of cyclic esters (lactones) is 1. The molecule has 5 aromatic rings. The number of morpholine rings is 1. The lowest BCUT2D eigenvalue weighted by molar-refractivity contribution is -0.179. The van der Waals surface area contributed by atoms with E-state index in [4.69, 9.17) is 9.47 Å². The summed E-state index contributed by atoms with van der Waals surface area (Å²) >= 11 is 0. The molecule has 5 heterocycles. The van der Waals surface area contributed by atoms with Crippen LogP contribution in [0.3, 0.4) is 0 Å². The summed E-state index contributed by atoms with van der Waals surface area (Å²) in [6.07, 6.45) is 2.62. The number of rotatable bonds is 8. The maximum atomic E-state index is 15.5. The number of piperazine rings is 1. The van der Waals surface area contributed by atoms with Gasteiger partial charge < -0.3 is 29.7 Å². The van der Waals surface area contributed by atoms with Crippen LogP contribution in [-0.4, -0.2) is 88.1 Å². The molecule has 9 rings (SSSR count). The number of aliphatic hydroxyl groups is 1. The second-order valence-electron chi connectivity index (χ2n) is 14.3. The van der Waals surface area contributed by atoms with Crippen LogP contribution in [0.4, 0.5) is 11.6 Å². The van der Waals surface area contributed by atoms with Crippen molar-refractivity contribution in [3.05, 3.63) is 150 Å². The van der Waals surface area contributed by atoms with E-state index in [0.717, 1.165) is 11.1 Å². The first-order valence-electron chi connectivity index (χ1n) is 18.6. The number of carbonyl (C=O) groups is 3. The summed E-state index contributed by atoms with van der Waals surface area (Å²) in [5.74, 6) is -1.32. The number of benzene rings is 4. The Balaban J connectivity index is 1.26. The standard InChI is InChI=1S/C43H40N6O6/c50-25-26-54-31-16-9-15-30(27-31)38-43(32-17-7-8-18-33(32)46-41(43)53)34(39(51)47-21-23-48(24-22-47)42-44-19-10-20-45-42)36-40(52)55-37(29-13-5-2-6-14-29)35(49(36)38)28-11-3-1-4-12-28/h1-20,27,34-38,50H,21-26H2,(H,46,53)/t34-,35-,36-,37+,38+,43-/m1/s1. The maximum Gasteiger partial charge on any atom is 0.324 e. The number of esters is 1. The molecule has 0 aliphatic carbocycles. The van der Waals surface area contributed by atoms with E-state index in [1.807, 2.05) is 108 Å². The van der Waals surface area contributed by atoms with Crippen LogP contribution in [0, 0.1) is 5.92 Å². The van der Waals surface area contributed by atoms with Crippen molar-refractivity contribution < 1.29 is 29.0 Å². The number of nitrogens with zero attached hydrogens (tertiary/aromatic N) is 5. The average molecular weight is 737 g/mol. The zero-order valence-corrected chi connectivity index (χ0v) is 30.0. The molecule has 4 aliphatic heterocycles. The van der Waals surface area contributed by atoms with Crippen molar-refractivity contribution in [3.8, 4) is 5.75 Å². The number of ether oxygens (including phenoxy) is 2. The van der Waals surface area contributed by atoms with Crippen molar-refractivity contribution in [2.45, 2.75) is 29.6 Å². The molecule has 0 saturated carbocycles. The molecule has 4 aliphatic rings. The van der Waals surface area contributed by atoms with Gasteiger partial charge in [-0.3, -0.25) is 19.3 Å². The molecule has 2 N–H and O–H groups in total. The van der Waals surface area contributed by atoms with Crippen LogP contribution in [0.2, 0.25) is 0 Å². The van der Waals surface area contributed by atoms with E-state index in [1.165, 1.54) is 0 Å². The number of aliphatic hydroxyl groups excluding tert-OH is 1. The van der Waals surface area contributed by atoms with Crippen molar-refractivity contribution in [2.24, 2.45) is 5.92 Å². The summed E-state index contributed by atoms with van der Waals surface area (Å²) in [6, 6.07) is 33.5. The fraction of sp³-hybridized carbons (Fsp3) is 0.279. The molecule has 3 fully saturated rings. The minimum Gasteiger partial charge on any atom is -0.491 e. The average Bonchev–Trinajstić information content (AvgIpc) is 3.72. The number of nitrogens with one attached hydrogen (secondary N) is 1. The zero-order chi connectivity index (χ0) is 37.5. The molecule has 1 aromatic heterocycles. The van der Waals surface area contributed by atoms with E-state index in [9.17, 15) is 9.90 Å². The van der Waals surface area contributed by atoms with Crippen molar-refractivity contribution in [3.63, 3.8) is 0 Å². The van der Waals surface area contributed by atoms with E-state index < -0.39 is 41.5 Å². The molecular formula is C43H40N6O6. The predicted molar refractivity (Wildman–Crippen MR) is 203 cm³/mol. The van der Waals surface area contributed by atoms with Crippen molar-refractivity contribution in [2.75, 3.05) is 49.6 Å². The molecule has 12 nitrogen and oxygen atoms in total. The van der Waals surface area contributed by atoms with Gasteiger partial charge in [-0.25, -0.2) is 9.97 Å². The topological polar surface area (TPSA) is 137 Å².